The first-order valence-electron chi connectivity index (χ1n) is 13.8. The minimum Gasteiger partial charge on any atom is -0.366 e. The van der Waals surface area contributed by atoms with Crippen LogP contribution >= 0.6 is 0 Å². The van der Waals surface area contributed by atoms with Crippen LogP contribution in [0.3, 0.4) is 0 Å². The Kier molecular flexibility index (Phi) is 8.35. The predicted octanol–water partition coefficient (Wildman–Crippen LogP) is 2.26. The van der Waals surface area contributed by atoms with Crippen LogP contribution in [0, 0.1) is 0 Å². The highest BCUT2D eigenvalue weighted by Crippen LogP contribution is 2.33. The molecule has 0 saturated carbocycles. The maximum atomic E-state index is 13.1. The van der Waals surface area contributed by atoms with Crippen molar-refractivity contribution in [2.24, 2.45) is 5.73 Å². The van der Waals surface area contributed by atoms with Gasteiger partial charge in [0.1, 0.15) is 5.82 Å². The van der Waals surface area contributed by atoms with Crippen molar-refractivity contribution < 1.29 is 9.59 Å². The molecule has 1 amide bonds. The molecule has 4 N–H and O–H groups in total. The third-order valence-electron chi connectivity index (χ3n) is 7.66. The Morgan fingerprint density at radius 2 is 2.03 bits per heavy atom. The zero-order valence-electron chi connectivity index (χ0n) is 22.8. The molecule has 39 heavy (non-hydrogen) atoms. The Bertz CT molecular complexity index is 1370. The number of pyridine rings is 2. The van der Waals surface area contributed by atoms with Gasteiger partial charge in [0.25, 0.3) is 5.91 Å². The van der Waals surface area contributed by atoms with Gasteiger partial charge in [0.15, 0.2) is 5.78 Å². The van der Waals surface area contributed by atoms with Gasteiger partial charge in [-0.1, -0.05) is 6.08 Å². The molecule has 206 valence electrons. The summed E-state index contributed by atoms with van der Waals surface area (Å²) in [5.41, 5.74) is 10.4. The van der Waals surface area contributed by atoms with E-state index in [-0.39, 0.29) is 17.7 Å². The third kappa shape index (κ3) is 6.19. The molecule has 0 radical (unpaired) electrons. The van der Waals surface area contributed by atoms with Gasteiger partial charge in [0.2, 0.25) is 0 Å². The van der Waals surface area contributed by atoms with Crippen molar-refractivity contribution in [3.63, 3.8) is 0 Å². The van der Waals surface area contributed by atoms with E-state index in [9.17, 15) is 9.59 Å². The summed E-state index contributed by atoms with van der Waals surface area (Å²) in [6.07, 6.45) is 10.4. The Morgan fingerprint density at radius 3 is 2.82 bits per heavy atom. The molecule has 1 saturated heterocycles. The van der Waals surface area contributed by atoms with E-state index < -0.39 is 0 Å². The van der Waals surface area contributed by atoms with E-state index in [1.165, 1.54) is 0 Å². The number of piperidine rings is 1. The summed E-state index contributed by atoms with van der Waals surface area (Å²) in [5.74, 6) is 0.730. The van der Waals surface area contributed by atoms with Crippen molar-refractivity contribution >= 4 is 28.6 Å². The van der Waals surface area contributed by atoms with Gasteiger partial charge >= 0.3 is 0 Å². The number of rotatable bonds is 10. The SMILES string of the molecule is CN(CCN)CCCC(=O)c1cnn2ccc(C3=CCNc4ncc(C(=O)NC5CCN(C)CC5)cc43)cc12. The van der Waals surface area contributed by atoms with Crippen molar-refractivity contribution in [2.45, 2.75) is 31.7 Å². The van der Waals surface area contributed by atoms with Crippen LogP contribution in [0.2, 0.25) is 0 Å². The summed E-state index contributed by atoms with van der Waals surface area (Å²) in [5, 5.41) is 10.9. The van der Waals surface area contributed by atoms with Crippen LogP contribution in [0.25, 0.3) is 11.1 Å². The van der Waals surface area contributed by atoms with Gasteiger partial charge in [-0.05, 0) is 82.3 Å². The van der Waals surface area contributed by atoms with Crippen LogP contribution in [0.5, 0.6) is 0 Å². The number of nitrogens with two attached hydrogens (primary N) is 1. The van der Waals surface area contributed by atoms with Crippen LogP contribution in [0.1, 0.15) is 57.5 Å². The first-order valence-corrected chi connectivity index (χ1v) is 13.8. The number of likely N-dealkylation sites (tertiary alicyclic amines) is 1. The number of hydrogen-bond donors (Lipinski definition) is 3. The molecular weight excluding hydrogens is 492 g/mol. The van der Waals surface area contributed by atoms with Gasteiger partial charge in [-0.3, -0.25) is 9.59 Å². The zero-order chi connectivity index (χ0) is 27.4. The highest BCUT2D eigenvalue weighted by atomic mass is 16.1. The van der Waals surface area contributed by atoms with E-state index in [1.807, 2.05) is 31.4 Å². The van der Waals surface area contributed by atoms with Gasteiger partial charge < -0.3 is 26.2 Å². The van der Waals surface area contributed by atoms with Crippen molar-refractivity contribution in [2.75, 3.05) is 58.7 Å². The average molecular weight is 531 g/mol. The highest BCUT2D eigenvalue weighted by molar-refractivity contribution is 6.03. The lowest BCUT2D eigenvalue weighted by Crippen LogP contribution is -2.43. The second-order valence-electron chi connectivity index (χ2n) is 10.6. The number of ketones is 1. The maximum absolute atomic E-state index is 13.1. The third-order valence-corrected chi connectivity index (χ3v) is 7.66. The summed E-state index contributed by atoms with van der Waals surface area (Å²) >= 11 is 0. The van der Waals surface area contributed by atoms with E-state index in [0.29, 0.717) is 30.6 Å². The van der Waals surface area contributed by atoms with Crippen LogP contribution < -0.4 is 16.4 Å². The molecule has 10 heteroatoms. The summed E-state index contributed by atoms with van der Waals surface area (Å²) in [7, 11) is 4.12. The number of nitrogens with zero attached hydrogens (tertiary/aromatic N) is 5. The van der Waals surface area contributed by atoms with E-state index in [1.54, 1.807) is 16.9 Å². The van der Waals surface area contributed by atoms with Crippen molar-refractivity contribution in [3.8, 4) is 0 Å². The molecule has 2 aliphatic rings. The Hall–Kier alpha value is -3.60. The number of anilines is 1. The van der Waals surface area contributed by atoms with Gasteiger partial charge in [0, 0.05) is 50.1 Å². The molecule has 0 atom stereocenters. The van der Waals surface area contributed by atoms with Gasteiger partial charge in [-0.25, -0.2) is 9.50 Å². The number of Topliss-reactive ketones (excluding diaryl/α,β-unsaturated/α-hetero) is 1. The Labute approximate surface area is 229 Å². The molecule has 0 aromatic carbocycles. The Balaban J connectivity index is 1.35. The lowest BCUT2D eigenvalue weighted by Gasteiger charge is -2.29. The second-order valence-corrected chi connectivity index (χ2v) is 10.6. The average Bonchev–Trinajstić information content (AvgIpc) is 3.37. The van der Waals surface area contributed by atoms with Crippen LogP contribution in [-0.2, 0) is 0 Å². The summed E-state index contributed by atoms with van der Waals surface area (Å²) in [4.78, 5) is 35.1. The molecule has 3 aromatic heterocycles. The monoisotopic (exact) mass is 530 g/mol. The highest BCUT2D eigenvalue weighted by Gasteiger charge is 2.22. The van der Waals surface area contributed by atoms with Crippen LogP contribution in [0.4, 0.5) is 5.82 Å². The first-order chi connectivity index (χ1) is 18.9. The van der Waals surface area contributed by atoms with Crippen molar-refractivity contribution in [1.29, 1.82) is 0 Å². The van der Waals surface area contributed by atoms with Gasteiger partial charge in [0.05, 0.1) is 22.8 Å². The largest absolute Gasteiger partial charge is 0.366 e. The maximum Gasteiger partial charge on any atom is 0.253 e. The molecule has 0 bridgehead atoms. The minimum atomic E-state index is -0.0963. The number of carbonyl (C=O) groups is 2. The van der Waals surface area contributed by atoms with Crippen LogP contribution in [-0.4, -0.2) is 95.5 Å². The normalized spacial score (nSPS) is 16.2. The fraction of sp³-hybridized carbons (Fsp3) is 0.448. The molecule has 1 fully saturated rings. The van der Waals surface area contributed by atoms with E-state index in [2.05, 4.69) is 43.6 Å². The van der Waals surface area contributed by atoms with Gasteiger partial charge in [-0.15, -0.1) is 0 Å². The molecule has 5 rings (SSSR count). The molecule has 5 heterocycles. The number of carbonyl (C=O) groups excluding carboxylic acids is 2. The predicted molar refractivity (Wildman–Crippen MR) is 153 cm³/mol. The number of aromatic nitrogens is 3. The summed E-state index contributed by atoms with van der Waals surface area (Å²) in [6, 6.07) is 6.09. The first kappa shape index (κ1) is 27.0. The number of hydrogen-bond acceptors (Lipinski definition) is 8. The molecular formula is C29H38N8O2. The van der Waals surface area contributed by atoms with E-state index >= 15 is 0 Å². The van der Waals surface area contributed by atoms with Crippen molar-refractivity contribution in [1.82, 2.24) is 29.7 Å². The molecule has 0 spiro atoms. The van der Waals surface area contributed by atoms with E-state index in [0.717, 1.165) is 73.5 Å². The lowest BCUT2D eigenvalue weighted by molar-refractivity contribution is 0.0915. The van der Waals surface area contributed by atoms with Gasteiger partial charge in [-0.2, -0.15) is 5.10 Å². The smallest absolute Gasteiger partial charge is 0.253 e. The van der Waals surface area contributed by atoms with Crippen molar-refractivity contribution in [3.05, 3.63) is 65.1 Å². The number of fused-ring (bicyclic) bond motifs is 2. The van der Waals surface area contributed by atoms with E-state index in [4.69, 9.17) is 5.73 Å². The molecule has 3 aromatic rings. The minimum absolute atomic E-state index is 0.0810. The summed E-state index contributed by atoms with van der Waals surface area (Å²) in [6.45, 7) is 4.84. The summed E-state index contributed by atoms with van der Waals surface area (Å²) < 4.78 is 1.74. The molecule has 0 aliphatic carbocycles. The fourth-order valence-corrected chi connectivity index (χ4v) is 5.33. The molecule has 10 nitrogen and oxygen atoms in total. The number of likely N-dealkylation sites (N-methyl/N-ethyl adjacent to an activating group) is 1. The quantitative estimate of drug-likeness (QED) is 0.342. The second kappa shape index (κ2) is 12.1. The molecule has 2 aliphatic heterocycles. The van der Waals surface area contributed by atoms with Crippen LogP contribution in [0.15, 0.2) is 42.9 Å². The number of nitrogens with one attached hydrogen (secondary N) is 2. The number of amides is 1. The Morgan fingerprint density at radius 1 is 1.21 bits per heavy atom. The lowest BCUT2D eigenvalue weighted by atomic mass is 9.94. The fourth-order valence-electron chi connectivity index (χ4n) is 5.33. The zero-order valence-corrected chi connectivity index (χ0v) is 22.8. The topological polar surface area (TPSA) is 121 Å². The standard InChI is InChI=1S/C29H38N8O2/c1-35(15-9-30)11-3-4-27(38)25-19-33-37-14-6-20(17-26(25)37)23-5-10-31-28-24(23)16-21(18-32-28)29(39)34-22-7-12-36(2)13-8-22/h5-6,14,16-19,22H,3-4,7-13,15,30H2,1-2H3,(H,31,32)(H,34,39). The molecule has 0 unspecified atom stereocenters.